The molecule has 1 saturated heterocycles. The van der Waals surface area contributed by atoms with Crippen molar-refractivity contribution in [3.05, 3.63) is 23.8 Å². The van der Waals surface area contributed by atoms with Crippen molar-refractivity contribution in [2.75, 3.05) is 33.3 Å². The molecule has 1 aliphatic heterocycles. The molecule has 1 aliphatic rings. The van der Waals surface area contributed by atoms with Gasteiger partial charge in [-0.05, 0) is 24.1 Å². The van der Waals surface area contributed by atoms with Crippen LogP contribution in [-0.2, 0) is 0 Å². The van der Waals surface area contributed by atoms with E-state index >= 15 is 0 Å². The highest BCUT2D eigenvalue weighted by Gasteiger charge is 2.31. The standard InChI is InChI=1S/C15H21F3N2O2/c1-22-14-3-2-11(10-13(14)21)12(4-5-15(16,17)18)20-8-6-19-7-9-20/h2-3,10,12,19,21H,4-9H2,1H3/t12-/m1/s1. The summed E-state index contributed by atoms with van der Waals surface area (Å²) in [5, 5.41) is 13.1. The van der Waals surface area contributed by atoms with Crippen LogP contribution in [0, 0.1) is 0 Å². The van der Waals surface area contributed by atoms with Crippen molar-refractivity contribution in [2.45, 2.75) is 25.1 Å². The smallest absolute Gasteiger partial charge is 0.389 e. The monoisotopic (exact) mass is 318 g/mol. The lowest BCUT2D eigenvalue weighted by atomic mass is 9.98. The maximum Gasteiger partial charge on any atom is 0.389 e. The van der Waals surface area contributed by atoms with Gasteiger partial charge in [0.15, 0.2) is 11.5 Å². The topological polar surface area (TPSA) is 44.7 Å². The molecule has 1 fully saturated rings. The molecule has 22 heavy (non-hydrogen) atoms. The number of nitrogens with zero attached hydrogens (tertiary/aromatic N) is 1. The van der Waals surface area contributed by atoms with Gasteiger partial charge in [0.1, 0.15) is 0 Å². The number of phenols is 1. The molecule has 0 radical (unpaired) electrons. The minimum Gasteiger partial charge on any atom is -0.504 e. The summed E-state index contributed by atoms with van der Waals surface area (Å²) in [6.45, 7) is 2.89. The number of aromatic hydroxyl groups is 1. The number of nitrogens with one attached hydrogen (secondary N) is 1. The fraction of sp³-hybridized carbons (Fsp3) is 0.600. The van der Waals surface area contributed by atoms with E-state index in [-0.39, 0.29) is 18.2 Å². The first-order valence-corrected chi connectivity index (χ1v) is 7.29. The fourth-order valence-electron chi connectivity index (χ4n) is 2.77. The van der Waals surface area contributed by atoms with Crippen LogP contribution in [0.3, 0.4) is 0 Å². The van der Waals surface area contributed by atoms with Crippen LogP contribution >= 0.6 is 0 Å². The first-order valence-electron chi connectivity index (χ1n) is 7.29. The molecule has 0 saturated carbocycles. The highest BCUT2D eigenvalue weighted by Crippen LogP contribution is 2.35. The summed E-state index contributed by atoms with van der Waals surface area (Å²) < 4.78 is 42.8. The molecule has 0 amide bonds. The van der Waals surface area contributed by atoms with Crippen LogP contribution in [0.2, 0.25) is 0 Å². The molecule has 1 aromatic carbocycles. The molecule has 2 rings (SSSR count). The maximum atomic E-state index is 12.6. The van der Waals surface area contributed by atoms with Crippen molar-refractivity contribution in [2.24, 2.45) is 0 Å². The zero-order chi connectivity index (χ0) is 16.2. The van der Waals surface area contributed by atoms with Crippen molar-refractivity contribution < 1.29 is 23.0 Å². The zero-order valence-corrected chi connectivity index (χ0v) is 12.5. The number of rotatable bonds is 5. The number of hydrogen-bond acceptors (Lipinski definition) is 4. The molecule has 4 nitrogen and oxygen atoms in total. The predicted octanol–water partition coefficient (Wildman–Crippen LogP) is 2.69. The third-order valence-electron chi connectivity index (χ3n) is 3.88. The van der Waals surface area contributed by atoms with E-state index in [9.17, 15) is 18.3 Å². The molecule has 124 valence electrons. The summed E-state index contributed by atoms with van der Waals surface area (Å²) >= 11 is 0. The summed E-state index contributed by atoms with van der Waals surface area (Å²) in [7, 11) is 1.44. The van der Waals surface area contributed by atoms with Crippen LogP contribution in [0.25, 0.3) is 0 Å². The van der Waals surface area contributed by atoms with Crippen LogP contribution in [-0.4, -0.2) is 49.5 Å². The maximum absolute atomic E-state index is 12.6. The van der Waals surface area contributed by atoms with Gasteiger partial charge in [-0.15, -0.1) is 0 Å². The first kappa shape index (κ1) is 16.9. The molecule has 0 spiro atoms. The van der Waals surface area contributed by atoms with Gasteiger partial charge in [-0.25, -0.2) is 0 Å². The SMILES string of the molecule is COc1ccc([C@@H](CCC(F)(F)F)N2CCNCC2)cc1O. The van der Waals surface area contributed by atoms with Gasteiger partial charge >= 0.3 is 6.18 Å². The number of hydrogen-bond donors (Lipinski definition) is 2. The molecule has 0 bridgehead atoms. The fourth-order valence-corrected chi connectivity index (χ4v) is 2.77. The lowest BCUT2D eigenvalue weighted by Crippen LogP contribution is -2.45. The van der Waals surface area contributed by atoms with Crippen molar-refractivity contribution in [3.63, 3.8) is 0 Å². The summed E-state index contributed by atoms with van der Waals surface area (Å²) in [5.74, 6) is 0.269. The lowest BCUT2D eigenvalue weighted by Gasteiger charge is -2.35. The summed E-state index contributed by atoms with van der Waals surface area (Å²) in [6.07, 6.45) is -5.04. The summed E-state index contributed by atoms with van der Waals surface area (Å²) in [5.41, 5.74) is 0.685. The normalized spacial score (nSPS) is 18.2. The van der Waals surface area contributed by atoms with Crippen LogP contribution in [0.1, 0.15) is 24.4 Å². The van der Waals surface area contributed by atoms with E-state index in [0.29, 0.717) is 24.4 Å². The lowest BCUT2D eigenvalue weighted by molar-refractivity contribution is -0.138. The first-order chi connectivity index (χ1) is 10.4. The van der Waals surface area contributed by atoms with E-state index in [1.165, 1.54) is 13.2 Å². The molecule has 2 N–H and O–H groups in total. The van der Waals surface area contributed by atoms with E-state index in [1.54, 1.807) is 12.1 Å². The quantitative estimate of drug-likeness (QED) is 0.876. The second-order valence-corrected chi connectivity index (χ2v) is 5.39. The third kappa shape index (κ3) is 4.51. The minimum atomic E-state index is -4.18. The minimum absolute atomic E-state index is 0.0186. The molecule has 1 atom stereocenters. The van der Waals surface area contributed by atoms with Gasteiger partial charge < -0.3 is 15.2 Å². The second kappa shape index (κ2) is 7.19. The van der Waals surface area contributed by atoms with E-state index in [4.69, 9.17) is 4.74 Å². The van der Waals surface area contributed by atoms with Gasteiger partial charge in [0.05, 0.1) is 7.11 Å². The molecule has 1 heterocycles. The molecule has 0 unspecified atom stereocenters. The molecular formula is C15H21F3N2O2. The third-order valence-corrected chi connectivity index (χ3v) is 3.88. The molecule has 0 aliphatic carbocycles. The van der Waals surface area contributed by atoms with E-state index in [0.717, 1.165) is 13.1 Å². The molecule has 1 aromatic rings. The Morgan fingerprint density at radius 3 is 2.55 bits per heavy atom. The number of benzene rings is 1. The van der Waals surface area contributed by atoms with Gasteiger partial charge in [-0.2, -0.15) is 13.2 Å². The van der Waals surface area contributed by atoms with Gasteiger partial charge in [-0.3, -0.25) is 4.90 Å². The van der Waals surface area contributed by atoms with Crippen molar-refractivity contribution in [1.29, 1.82) is 0 Å². The van der Waals surface area contributed by atoms with E-state index < -0.39 is 12.6 Å². The van der Waals surface area contributed by atoms with Gasteiger partial charge in [0.2, 0.25) is 0 Å². The Kier molecular flexibility index (Phi) is 5.52. The Morgan fingerprint density at radius 2 is 2.00 bits per heavy atom. The largest absolute Gasteiger partial charge is 0.504 e. The van der Waals surface area contributed by atoms with Crippen molar-refractivity contribution in [1.82, 2.24) is 10.2 Å². The van der Waals surface area contributed by atoms with Crippen LogP contribution in [0.5, 0.6) is 11.5 Å². The predicted molar refractivity (Wildman–Crippen MR) is 77.1 cm³/mol. The van der Waals surface area contributed by atoms with Gasteiger partial charge in [0, 0.05) is 38.6 Å². The number of halogens is 3. The van der Waals surface area contributed by atoms with Crippen molar-refractivity contribution in [3.8, 4) is 11.5 Å². The van der Waals surface area contributed by atoms with Crippen LogP contribution in [0.4, 0.5) is 13.2 Å². The van der Waals surface area contributed by atoms with Gasteiger partial charge in [0.25, 0.3) is 0 Å². The average Bonchev–Trinajstić information content (AvgIpc) is 2.47. The molecular weight excluding hydrogens is 297 g/mol. The zero-order valence-electron chi connectivity index (χ0n) is 12.5. The number of phenolic OH excluding ortho intramolecular Hbond substituents is 1. The Balaban J connectivity index is 2.20. The van der Waals surface area contributed by atoms with Gasteiger partial charge in [-0.1, -0.05) is 6.07 Å². The second-order valence-electron chi connectivity index (χ2n) is 5.39. The summed E-state index contributed by atoms with van der Waals surface area (Å²) in [4.78, 5) is 2.03. The van der Waals surface area contributed by atoms with E-state index in [2.05, 4.69) is 5.32 Å². The summed E-state index contributed by atoms with van der Waals surface area (Å²) in [6, 6.07) is 4.46. The van der Waals surface area contributed by atoms with Crippen LogP contribution in [0.15, 0.2) is 18.2 Å². The number of alkyl halides is 3. The van der Waals surface area contributed by atoms with E-state index in [1.807, 2.05) is 4.90 Å². The average molecular weight is 318 g/mol. The molecule has 7 heteroatoms. The highest BCUT2D eigenvalue weighted by atomic mass is 19.4. The number of ether oxygens (including phenoxy) is 1. The molecule has 0 aromatic heterocycles. The Morgan fingerprint density at radius 1 is 1.32 bits per heavy atom. The highest BCUT2D eigenvalue weighted by molar-refractivity contribution is 5.42. The Bertz CT molecular complexity index is 488. The Labute approximate surface area is 127 Å². The van der Waals surface area contributed by atoms with Crippen molar-refractivity contribution >= 4 is 0 Å². The number of piperazine rings is 1. The van der Waals surface area contributed by atoms with Crippen LogP contribution < -0.4 is 10.1 Å². The number of methoxy groups -OCH3 is 1. The Hall–Kier alpha value is -1.47.